The SMILES string of the molecule is CC1(C)CC[C@]2(C(=O)O)CC[C@]3(C)C(=CC[C@@H]4[C@@]5(C)CC[C@H](OC(=O)c6ccccc6C(=O)O)C(C)(C)[C@@H]5CC[C@]43C)[C@@H]2C1.CC1(C)CC[C@]2(C(=O)O)CC[C@]3(C)C(=CC[C@@H]4[C@@]5(C)Cc6cn[nH]c6C(C)(C)[C@@H]5CC[C@]43C)[C@@H]2C1.CCC[C@]1(C(=O)O)CC[C@]2(C)C(=CC[C@@H]3[C@@]4(C)C[C@@H](O)[C@H](O)C(C)(C)[C@@H]4CC[C@]32C)[C@@H]1C(C)C.[C-]#[N+]C1=C[C@]2(C)C3=CC(=O)C4[C@@H]5CC(C)(C)CC[C@]5(C(=O)O)CC[C@@]4(C)[C@]3(C)CC[C@H]2C(C)(C)C1=O. The van der Waals surface area contributed by atoms with Crippen LogP contribution in [0, 0.1) is 203 Å². The number of rotatable bonds is 10. The van der Waals surface area contributed by atoms with Gasteiger partial charge in [-0.25, -0.2) is 14.4 Å². The van der Waals surface area contributed by atoms with Gasteiger partial charge < -0.3 is 45.3 Å². The number of carboxylic acids is 5. The number of hydrogen-bond acceptors (Lipinski definition) is 12. The number of Topliss-reactive ketones (excluding diaryl/α,β-unsaturated/α-hetero) is 1. The topological polar surface area (TPSA) is 320 Å². The number of H-pyrrole nitrogens is 1. The van der Waals surface area contributed by atoms with E-state index >= 15 is 0 Å². The highest BCUT2D eigenvalue weighted by atomic mass is 16.5. The molecule has 19 nitrogen and oxygen atoms in total. The molecule has 820 valence electrons. The smallest absolute Gasteiger partial charge is 0.339 e. The highest BCUT2D eigenvalue weighted by Crippen LogP contribution is 2.83. The second kappa shape index (κ2) is 35.6. The summed E-state index contributed by atoms with van der Waals surface area (Å²) in [5.41, 5.74) is 4.41. The predicted molar refractivity (Wildman–Crippen MR) is 582 cm³/mol. The van der Waals surface area contributed by atoms with Gasteiger partial charge in [-0.1, -0.05) is 266 Å². The normalized spacial score (nSPS) is 46.2. The molecular weight excluding hydrogens is 1860 g/mol. The van der Waals surface area contributed by atoms with E-state index in [9.17, 15) is 74.1 Å². The number of aliphatic carboxylic acids is 4. The van der Waals surface area contributed by atoms with Gasteiger partial charge in [-0.3, -0.25) is 29.1 Å². The lowest BCUT2D eigenvalue weighted by Gasteiger charge is -2.71. The fraction of sp³-hybridized carbons (Fsp3) is 0.785. The number of carbonyl (C=O) groups excluding carboxylic acids is 3. The Hall–Kier alpha value is -7.30. The highest BCUT2D eigenvalue weighted by molar-refractivity contribution is 6.04. The van der Waals surface area contributed by atoms with E-state index in [-0.39, 0.29) is 168 Å². The number of carboxylic acid groups (broad SMARTS) is 5. The van der Waals surface area contributed by atoms with E-state index in [1.165, 1.54) is 46.9 Å². The van der Waals surface area contributed by atoms with Crippen molar-refractivity contribution in [1.29, 1.82) is 0 Å². The van der Waals surface area contributed by atoms with Gasteiger partial charge in [0.2, 0.25) is 5.70 Å². The predicted octanol–water partition coefficient (Wildman–Crippen LogP) is 29.2. The van der Waals surface area contributed by atoms with Crippen molar-refractivity contribution in [2.24, 2.45) is 196 Å². The fourth-order valence-corrected chi connectivity index (χ4v) is 43.4. The molecule has 19 aliphatic rings. The number of aromatic amines is 1. The number of ether oxygens (including phenoxy) is 1. The molecule has 0 amide bonds. The van der Waals surface area contributed by atoms with Gasteiger partial charge >= 0.3 is 35.8 Å². The average molecular weight is 2050 g/mol. The summed E-state index contributed by atoms with van der Waals surface area (Å²) >= 11 is 0. The molecule has 19 heteroatoms. The molecule has 2 aromatic rings. The lowest BCUT2D eigenvalue weighted by atomic mass is 9.33. The minimum absolute atomic E-state index is 0.0116. The van der Waals surface area contributed by atoms with Crippen molar-refractivity contribution < 1.29 is 78.8 Å². The molecule has 1 aromatic carbocycles. The van der Waals surface area contributed by atoms with Crippen LogP contribution < -0.4 is 0 Å². The van der Waals surface area contributed by atoms with Crippen LogP contribution in [0.15, 0.2) is 88.8 Å². The van der Waals surface area contributed by atoms with Gasteiger partial charge in [0.1, 0.15) is 6.10 Å². The van der Waals surface area contributed by atoms with E-state index in [1.54, 1.807) is 18.2 Å². The maximum Gasteiger partial charge on any atom is 0.339 e. The average Bonchev–Trinajstić information content (AvgIpc) is 0.792. The number of aliphatic hydroxyl groups excluding tert-OH is 2. The van der Waals surface area contributed by atoms with Gasteiger partial charge in [0.25, 0.3) is 0 Å². The molecule has 0 radical (unpaired) electrons. The van der Waals surface area contributed by atoms with Crippen molar-refractivity contribution in [2.45, 2.75) is 443 Å². The van der Waals surface area contributed by atoms with Crippen LogP contribution in [-0.4, -0.2) is 112 Å². The molecule has 21 rings (SSSR count). The summed E-state index contributed by atoms with van der Waals surface area (Å²) in [7, 11) is 0. The fourth-order valence-electron chi connectivity index (χ4n) is 43.4. The van der Waals surface area contributed by atoms with Crippen LogP contribution in [0.25, 0.3) is 4.85 Å². The third-order valence-corrected chi connectivity index (χ3v) is 52.3. The van der Waals surface area contributed by atoms with E-state index in [1.807, 2.05) is 26.0 Å². The Morgan fingerprint density at radius 3 is 1.44 bits per heavy atom. The minimum Gasteiger partial charge on any atom is -0.481 e. The van der Waals surface area contributed by atoms with Crippen molar-refractivity contribution >= 4 is 47.4 Å². The van der Waals surface area contributed by atoms with Crippen LogP contribution in [0.3, 0.4) is 0 Å². The molecule has 1 heterocycles. The zero-order valence-corrected chi connectivity index (χ0v) is 96.8. The summed E-state index contributed by atoms with van der Waals surface area (Å²) < 4.78 is 6.19. The number of carbonyl (C=O) groups is 8. The number of ketones is 2. The van der Waals surface area contributed by atoms with Crippen LogP contribution in [0.4, 0.5) is 0 Å². The van der Waals surface area contributed by atoms with Gasteiger partial charge in [0.15, 0.2) is 11.6 Å². The first-order valence-electron chi connectivity index (χ1n) is 58.7. The van der Waals surface area contributed by atoms with E-state index < -0.39 is 80.5 Å². The molecule has 1 aromatic heterocycles. The molecule has 13 fully saturated rings. The molecule has 0 saturated heterocycles. The van der Waals surface area contributed by atoms with Crippen LogP contribution >= 0.6 is 0 Å². The van der Waals surface area contributed by atoms with Gasteiger partial charge in [-0.15, -0.1) is 0 Å². The van der Waals surface area contributed by atoms with Gasteiger partial charge in [0, 0.05) is 33.3 Å². The summed E-state index contributed by atoms with van der Waals surface area (Å²) in [4.78, 5) is 108. The Labute approximate surface area is 892 Å². The number of aromatic carboxylic acids is 1. The Morgan fingerprint density at radius 2 is 0.933 bits per heavy atom. The number of hydrogen-bond donors (Lipinski definition) is 8. The quantitative estimate of drug-likeness (QED) is 0.0622. The van der Waals surface area contributed by atoms with E-state index in [0.29, 0.717) is 61.2 Å². The Bertz CT molecular complexity index is 5990. The standard InChI is InChI=1S/C38H52O6.C31H46N2O2.C31H41NO4.C30H50O4/c1-33(2)18-20-38(32(42)43)21-19-36(6)25(26(38)22-33)12-13-28-35(5)16-15-29(34(3,4)27(35)14-17-37(28,36)7)44-31(41)24-11-9-8-10-23(24)30(39)40;1-26(2)12-14-31(25(34)35)15-13-29(6)20(21(31)17-26)8-9-23-28(5)16-19-18-32-33-24(19)27(3,4)22(28)10-11-30(23,29)7;1-26(2)11-13-31(25(35)36)14-12-30(7)23(18(31)16-26)20(33)15-22-28(5)17-19(32-8)24(34)27(3,4)21(28)9-10-29(22,30)6;1-9-13-30(25(33)34)16-15-28(7)19(23(30)18(2)3)10-11-22-27(6)17-20(31)24(32)26(4,5)21(27)12-14-29(22,28)8/h8-12,26-29H,13-22H2,1-7H3,(H,39,40)(H,42,43);8,18,21-23H,9-17H2,1-7H3,(H,32,33)(H,34,35);15,17-18,21,23H,9-14,16H2,1-7H3,(H,35,36);10,18,20-24,31-32H,9,11-17H2,1-8H3,(H,33,34)/t26-,27-,28+,29-,35-,36+,37+,38-;21-,22-,23+,28-,29+,30+,31-;18-,21-,23?,28-,29+,30+,31-;20-,21+,22-,23+,24+,27+,28-,29-,30+/m0001/s1. The van der Waals surface area contributed by atoms with Crippen molar-refractivity contribution in [2.75, 3.05) is 0 Å². The lowest BCUT2D eigenvalue weighted by Crippen LogP contribution is -2.67. The zero-order valence-electron chi connectivity index (χ0n) is 96.8. The Morgan fingerprint density at radius 1 is 0.470 bits per heavy atom. The Kier molecular flexibility index (Phi) is 26.6. The molecule has 1 unspecified atom stereocenters. The Balaban J connectivity index is 0.000000130. The molecule has 19 aliphatic carbocycles. The second-order valence-corrected chi connectivity index (χ2v) is 61.6. The minimum atomic E-state index is -1.13. The summed E-state index contributed by atoms with van der Waals surface area (Å²) in [5, 5.41) is 81.6. The van der Waals surface area contributed by atoms with Crippen molar-refractivity contribution in [3.05, 3.63) is 123 Å². The summed E-state index contributed by atoms with van der Waals surface area (Å²) in [6.45, 7) is 74.8. The first kappa shape index (κ1) is 111. The highest BCUT2D eigenvalue weighted by Gasteiger charge is 2.77. The number of nitrogens with zero attached hydrogens (tertiary/aromatic N) is 2. The largest absolute Gasteiger partial charge is 0.481 e. The number of fused-ring (bicyclic) bond motifs is 27. The number of aromatic nitrogens is 2. The van der Waals surface area contributed by atoms with Gasteiger partial charge in [-0.2, -0.15) is 5.10 Å². The number of aliphatic hydroxyl groups is 2. The van der Waals surface area contributed by atoms with Crippen LogP contribution in [0.5, 0.6) is 0 Å². The second-order valence-electron chi connectivity index (χ2n) is 61.6. The molecule has 8 N–H and O–H groups in total. The van der Waals surface area contributed by atoms with Crippen molar-refractivity contribution in [3.8, 4) is 0 Å². The van der Waals surface area contributed by atoms with E-state index in [4.69, 9.17) is 11.3 Å². The number of nitrogens with one attached hydrogen (secondary N) is 1. The summed E-state index contributed by atoms with van der Waals surface area (Å²) in [6.07, 6.45) is 42.8. The van der Waals surface area contributed by atoms with Crippen molar-refractivity contribution in [1.82, 2.24) is 10.2 Å². The molecule has 0 spiro atoms. The van der Waals surface area contributed by atoms with Crippen LogP contribution in [-0.2, 0) is 45.3 Å². The van der Waals surface area contributed by atoms with Gasteiger partial charge in [0.05, 0.1) is 57.8 Å². The maximum atomic E-state index is 14.2. The molecule has 0 bridgehead atoms. The molecular formula is C130H189N3O16. The third-order valence-electron chi connectivity index (χ3n) is 52.3. The summed E-state index contributed by atoms with van der Waals surface area (Å²) in [5.74, 6) is -1.16. The third kappa shape index (κ3) is 15.4. The van der Waals surface area contributed by atoms with Gasteiger partial charge in [-0.05, 0) is 388 Å². The van der Waals surface area contributed by atoms with Crippen LogP contribution in [0.1, 0.15) is 445 Å². The zero-order chi connectivity index (χ0) is 109. The summed E-state index contributed by atoms with van der Waals surface area (Å²) in [6, 6.07) is 6.30. The number of benzene rings is 1. The maximum absolute atomic E-state index is 14.2. The molecule has 149 heavy (non-hydrogen) atoms. The monoisotopic (exact) mass is 2050 g/mol. The first-order valence-corrected chi connectivity index (χ1v) is 58.7. The van der Waals surface area contributed by atoms with Crippen LogP contribution in [0.2, 0.25) is 0 Å². The first-order chi connectivity index (χ1) is 68.8. The van der Waals surface area contributed by atoms with E-state index in [0.717, 1.165) is 185 Å². The molecule has 31 atom stereocenters. The number of esters is 1. The van der Waals surface area contributed by atoms with Crippen molar-refractivity contribution in [3.63, 3.8) is 0 Å². The molecule has 0 aliphatic heterocycles. The molecule has 13 saturated carbocycles. The lowest BCUT2D eigenvalue weighted by molar-refractivity contribution is -0.231. The van der Waals surface area contributed by atoms with E-state index in [2.05, 4.69) is 226 Å². The number of allylic oxidation sites excluding steroid dienone is 10.